The Labute approximate surface area is 468 Å². The first-order chi connectivity index (χ1) is 44.9. The van der Waals surface area contributed by atoms with Gasteiger partial charge in [-0.3, -0.25) is 9.55 Å². The van der Waals surface area contributed by atoms with Crippen molar-refractivity contribution in [3.05, 3.63) is 167 Å². The number of fused-ring (bicyclic) bond motifs is 1. The first kappa shape index (κ1) is 22.9. The van der Waals surface area contributed by atoms with Gasteiger partial charge in [-0.25, -0.2) is 4.98 Å². The normalized spacial score (nSPS) is 21.6. The molecule has 5 heteroatoms. The second-order valence-electron chi connectivity index (χ2n) is 18.8. The summed E-state index contributed by atoms with van der Waals surface area (Å²) in [5.74, 6) is -2.10. The van der Waals surface area contributed by atoms with Gasteiger partial charge in [-0.05, 0) is 103 Å². The maximum Gasteiger partial charge on any atom is 0.148 e. The molecule has 68 heavy (non-hydrogen) atoms. The van der Waals surface area contributed by atoms with E-state index in [4.69, 9.17) is 46.1 Å². The van der Waals surface area contributed by atoms with Crippen molar-refractivity contribution in [1.82, 2.24) is 14.5 Å². The van der Waals surface area contributed by atoms with Crippen molar-refractivity contribution < 1.29 is 71.4 Å². The van der Waals surface area contributed by atoms with Crippen LogP contribution in [0.2, 0.25) is 0 Å². The summed E-state index contributed by atoms with van der Waals surface area (Å²) >= 11 is 0. The molecule has 4 nitrogen and oxygen atoms in total. The number of para-hydroxylation sites is 1. The summed E-state index contributed by atoms with van der Waals surface area (Å²) in [6.45, 7) is -30.0. The molecule has 0 aliphatic rings. The van der Waals surface area contributed by atoms with Crippen molar-refractivity contribution in [1.29, 1.82) is 0 Å². The maximum absolute atomic E-state index is 13.2. The van der Waals surface area contributed by atoms with E-state index in [0.29, 0.717) is 22.8 Å². The Bertz CT molecular complexity index is 4360. The number of aromatic nitrogens is 3. The molecule has 8 aromatic rings. The molecule has 0 amide bonds. The van der Waals surface area contributed by atoms with Crippen molar-refractivity contribution in [2.24, 2.45) is 0 Å². The maximum atomic E-state index is 13.2. The quantitative estimate of drug-likeness (QED) is 0.169. The van der Waals surface area contributed by atoms with Gasteiger partial charge in [0.05, 0.1) is 26.4 Å². The SMILES string of the molecule is [2H]c1c([2H])c(C(C([2H])([2H])[2H])(C([2H])([2H])[2H])C([2H])([2H])[2H])c(C([2H])([2H])[2H])c([2H])c1-c1ccnc(-c2[c-]c(-c3cccc4c3nc(-c3cc(C(C([2H])([2H])[2H])(C([2H])([2H])[2H])C([2H])([2H])[2H])cc(C(C([2H])([2H])[2H])(C([2H])([2H])[2H])C([2H])([2H])[2H])c3O)n4-c3ccc(C(C)(C)C)cc3-c3ccccc3)cc(C(C)(C)C)c2)c1.[Pt]. The minimum absolute atomic E-state index is 0. The number of imidazole rings is 1. The average molecular weight is 1110 g/mol. The topological polar surface area (TPSA) is 50.9 Å². The van der Waals surface area contributed by atoms with E-state index in [1.54, 1.807) is 66.7 Å². The molecule has 0 spiro atoms. The molecule has 0 saturated carbocycles. The van der Waals surface area contributed by atoms with Crippen LogP contribution in [0, 0.1) is 12.9 Å². The van der Waals surface area contributed by atoms with Crippen molar-refractivity contribution in [3.63, 3.8) is 0 Å². The standard InChI is InChI=1S/C63H70N3O.Pt/c1-39-31-41(25-27-51(39)62(11,12)13)42-29-30-64-53(35-42)44-32-43(33-46(34-44)60(5,6)7)48-23-20-24-55-56(48)65-58(50-37-47(61(8,9)10)38-52(57(50)67)63(14,15)16)66(55)54-28-26-45(59(2,3)4)36-49(54)40-21-18-17-19-22-40;/h17-31,33-38,67H,1-16H3;/q-1;/i1D3,8D3,9D3,10D3,11D3,12D3,13D3,14D3,15D3,16D3,25D,27D,31D;. The van der Waals surface area contributed by atoms with Gasteiger partial charge >= 0.3 is 0 Å². The second kappa shape index (κ2) is 18.1. The molecule has 0 bridgehead atoms. The fraction of sp³-hybridized carbons (Fsp3) is 0.333. The molecule has 8 rings (SSSR count). The zero-order chi connectivity index (χ0) is 76.2. The monoisotopic (exact) mass is 1110 g/mol. The Balaban J connectivity index is 0.0000143. The third-order valence-electron chi connectivity index (χ3n) is 11.6. The molecule has 0 atom stereocenters. The van der Waals surface area contributed by atoms with Gasteiger partial charge in [0.25, 0.3) is 0 Å². The molecular formula is C63H70N3OPt-. The summed E-state index contributed by atoms with van der Waals surface area (Å²) in [5.41, 5.74) is -19.0. The van der Waals surface area contributed by atoms with E-state index in [2.05, 4.69) is 11.1 Å². The number of hydrogen-bond acceptors (Lipinski definition) is 3. The molecule has 1 N–H and O–H groups in total. The molecule has 354 valence electrons. The molecule has 0 unspecified atom stereocenters. The van der Waals surface area contributed by atoms with E-state index in [0.717, 1.165) is 5.56 Å². The van der Waals surface area contributed by atoms with Gasteiger partial charge in [-0.1, -0.05) is 193 Å². The number of phenols is 1. The molecule has 2 heterocycles. The number of hydrogen-bond donors (Lipinski definition) is 1. The summed E-state index contributed by atoms with van der Waals surface area (Å²) in [6, 6.07) is 24.6. The first-order valence-corrected chi connectivity index (χ1v) is 21.2. The molecule has 0 fully saturated rings. The van der Waals surface area contributed by atoms with Crippen LogP contribution < -0.4 is 0 Å². The van der Waals surface area contributed by atoms with Crippen LogP contribution >= 0.6 is 0 Å². The largest absolute Gasteiger partial charge is 0.507 e. The zero-order valence-electron chi connectivity index (χ0n) is 71.0. The van der Waals surface area contributed by atoms with Crippen molar-refractivity contribution in [3.8, 4) is 67.5 Å². The van der Waals surface area contributed by atoms with Crippen molar-refractivity contribution in [2.75, 3.05) is 0 Å². The fourth-order valence-corrected chi connectivity index (χ4v) is 7.95. The van der Waals surface area contributed by atoms with Crippen molar-refractivity contribution >= 4 is 11.0 Å². The Hall–Kier alpha value is -5.57. The van der Waals surface area contributed by atoms with Crippen LogP contribution in [0.15, 0.2) is 127 Å². The average Bonchev–Trinajstić information content (AvgIpc) is 0.947. The minimum atomic E-state index is -4.28. The van der Waals surface area contributed by atoms with Gasteiger partial charge in [-0.15, -0.1) is 29.3 Å². The van der Waals surface area contributed by atoms with Gasteiger partial charge in [0.2, 0.25) is 0 Å². The van der Waals surface area contributed by atoms with Crippen LogP contribution in [-0.2, 0) is 48.1 Å². The van der Waals surface area contributed by atoms with E-state index in [9.17, 15) is 9.22 Å². The number of pyridine rings is 1. The van der Waals surface area contributed by atoms with Crippen LogP contribution in [0.3, 0.4) is 0 Å². The molecule has 0 radical (unpaired) electrons. The first-order valence-electron chi connectivity index (χ1n) is 37.7. The third kappa shape index (κ3) is 9.95. The number of nitrogens with zero attached hydrogens (tertiary/aromatic N) is 3. The Kier molecular flexibility index (Phi) is 6.08. The van der Waals surface area contributed by atoms with E-state index in [1.165, 1.54) is 29.0 Å². The van der Waals surface area contributed by atoms with E-state index < -0.39 is 159 Å². The Morgan fingerprint density at radius 3 is 1.91 bits per heavy atom. The molecule has 0 aliphatic carbocycles. The Morgan fingerprint density at radius 2 is 1.24 bits per heavy atom. The number of benzene rings is 6. The van der Waals surface area contributed by atoms with Crippen LogP contribution in [0.1, 0.15) is 182 Å². The van der Waals surface area contributed by atoms with Gasteiger partial charge in [0, 0.05) is 85.2 Å². The zero-order valence-corrected chi connectivity index (χ0v) is 40.3. The molecular weight excluding hydrogens is 1010 g/mol. The third-order valence-corrected chi connectivity index (χ3v) is 11.6. The molecule has 0 aliphatic heterocycles. The smallest absolute Gasteiger partial charge is 0.148 e. The fourth-order valence-electron chi connectivity index (χ4n) is 7.95. The van der Waals surface area contributed by atoms with E-state index in [-0.39, 0.29) is 71.8 Å². The predicted octanol–water partition coefficient (Wildman–Crippen LogP) is 17.1. The Morgan fingerprint density at radius 1 is 0.574 bits per heavy atom. The van der Waals surface area contributed by atoms with Crippen LogP contribution in [-0.4, -0.2) is 19.6 Å². The summed E-state index contributed by atoms with van der Waals surface area (Å²) in [6.07, 6.45) is 1.17. The molecule has 6 aromatic carbocycles. The summed E-state index contributed by atoms with van der Waals surface area (Å²) in [4.78, 5) is 9.68. The van der Waals surface area contributed by atoms with E-state index in [1.807, 2.05) is 47.6 Å². The minimum Gasteiger partial charge on any atom is -0.507 e. The predicted molar refractivity (Wildman–Crippen MR) is 285 cm³/mol. The molecule has 0 saturated heterocycles. The summed E-state index contributed by atoms with van der Waals surface area (Å²) < 4.78 is 289. The summed E-state index contributed by atoms with van der Waals surface area (Å²) in [5, 5.41) is 13.2. The van der Waals surface area contributed by atoms with Crippen LogP contribution in [0.5, 0.6) is 5.75 Å². The number of phenolic OH excluding ortho intramolecular Hbond substituents is 1. The van der Waals surface area contributed by atoms with Crippen LogP contribution in [0.25, 0.3) is 72.7 Å². The molecule has 2 aromatic heterocycles. The number of rotatable bonds is 6. The van der Waals surface area contributed by atoms with Crippen molar-refractivity contribution in [2.45, 2.75) is 137 Å². The van der Waals surface area contributed by atoms with E-state index >= 15 is 0 Å². The van der Waals surface area contributed by atoms with Gasteiger partial charge in [0.15, 0.2) is 0 Å². The summed E-state index contributed by atoms with van der Waals surface area (Å²) in [7, 11) is 0. The van der Waals surface area contributed by atoms with Gasteiger partial charge < -0.3 is 5.11 Å². The van der Waals surface area contributed by atoms with Gasteiger partial charge in [0.1, 0.15) is 11.6 Å². The number of aromatic hydroxyl groups is 1. The van der Waals surface area contributed by atoms with Crippen LogP contribution in [0.4, 0.5) is 0 Å². The second-order valence-corrected chi connectivity index (χ2v) is 18.8. The van der Waals surface area contributed by atoms with Gasteiger partial charge in [-0.2, -0.15) is 0 Å².